The number of nitrogens with zero attached hydrogens (tertiary/aromatic N) is 1. The Morgan fingerprint density at radius 3 is 2.26 bits per heavy atom. The van der Waals surface area contributed by atoms with Gasteiger partial charge in [-0.1, -0.05) is 48.2 Å². The quantitative estimate of drug-likeness (QED) is 0.316. The van der Waals surface area contributed by atoms with E-state index in [1.54, 1.807) is 48.8 Å². The van der Waals surface area contributed by atoms with Crippen LogP contribution in [-0.2, 0) is 4.74 Å². The standard InChI is InChI=1S/C28H21N3O3/c1-34-27(32)25-11-5-9-22(26(25)21-7-3-2-4-8-21)15-12-20-13-16-23(17-14-20)30-28(33)31-24-10-6-18-29-19-24/h2-11,13-14,16-19H,1H3,(H2,30,31,33). The van der Waals surface area contributed by atoms with E-state index in [9.17, 15) is 9.59 Å². The van der Waals surface area contributed by atoms with Crippen molar-refractivity contribution >= 4 is 23.4 Å². The minimum Gasteiger partial charge on any atom is -0.465 e. The fourth-order valence-electron chi connectivity index (χ4n) is 3.36. The number of aromatic nitrogens is 1. The first-order valence-corrected chi connectivity index (χ1v) is 10.5. The van der Waals surface area contributed by atoms with E-state index in [-0.39, 0.29) is 6.03 Å². The molecule has 1 heterocycles. The average Bonchev–Trinajstić information content (AvgIpc) is 2.88. The van der Waals surface area contributed by atoms with Crippen LogP contribution in [0.4, 0.5) is 16.2 Å². The summed E-state index contributed by atoms with van der Waals surface area (Å²) in [5.74, 6) is 5.90. The highest BCUT2D eigenvalue weighted by Crippen LogP contribution is 2.28. The number of benzene rings is 3. The molecule has 0 bridgehead atoms. The van der Waals surface area contributed by atoms with Crippen molar-refractivity contribution in [2.24, 2.45) is 0 Å². The van der Waals surface area contributed by atoms with Crippen molar-refractivity contribution in [2.75, 3.05) is 17.7 Å². The van der Waals surface area contributed by atoms with Gasteiger partial charge in [-0.2, -0.15) is 0 Å². The number of rotatable bonds is 4. The molecule has 0 unspecified atom stereocenters. The lowest BCUT2D eigenvalue weighted by molar-refractivity contribution is 0.0601. The van der Waals surface area contributed by atoms with Gasteiger partial charge in [-0.15, -0.1) is 0 Å². The van der Waals surface area contributed by atoms with Crippen LogP contribution in [0.5, 0.6) is 0 Å². The smallest absolute Gasteiger partial charge is 0.338 e. The van der Waals surface area contributed by atoms with Gasteiger partial charge in [0.15, 0.2) is 0 Å². The summed E-state index contributed by atoms with van der Waals surface area (Å²) >= 11 is 0. The van der Waals surface area contributed by atoms with Gasteiger partial charge in [-0.3, -0.25) is 4.98 Å². The molecule has 1 aromatic heterocycles. The average molecular weight is 447 g/mol. The van der Waals surface area contributed by atoms with E-state index in [1.165, 1.54) is 7.11 Å². The van der Waals surface area contributed by atoms with Crippen molar-refractivity contribution in [3.05, 3.63) is 114 Å². The summed E-state index contributed by atoms with van der Waals surface area (Å²) in [4.78, 5) is 28.5. The molecular weight excluding hydrogens is 426 g/mol. The Morgan fingerprint density at radius 2 is 1.56 bits per heavy atom. The molecule has 2 N–H and O–H groups in total. The van der Waals surface area contributed by atoms with Crippen LogP contribution in [0.15, 0.2) is 97.3 Å². The second-order valence-corrected chi connectivity index (χ2v) is 7.23. The summed E-state index contributed by atoms with van der Waals surface area (Å²) in [6, 6.07) is 25.3. The third kappa shape index (κ3) is 5.47. The van der Waals surface area contributed by atoms with Crippen molar-refractivity contribution in [3.8, 4) is 23.0 Å². The number of pyridine rings is 1. The summed E-state index contributed by atoms with van der Waals surface area (Å²) in [5, 5.41) is 5.49. The third-order valence-electron chi connectivity index (χ3n) is 4.94. The van der Waals surface area contributed by atoms with Crippen molar-refractivity contribution in [3.63, 3.8) is 0 Å². The van der Waals surface area contributed by atoms with Crippen LogP contribution in [0.2, 0.25) is 0 Å². The fourth-order valence-corrected chi connectivity index (χ4v) is 3.36. The predicted octanol–water partition coefficient (Wildman–Crippen LogP) is 5.58. The van der Waals surface area contributed by atoms with E-state index in [4.69, 9.17) is 4.74 Å². The third-order valence-corrected chi connectivity index (χ3v) is 4.94. The van der Waals surface area contributed by atoms with Gasteiger partial charge in [0, 0.05) is 28.6 Å². The number of amides is 2. The number of nitrogens with one attached hydrogen (secondary N) is 2. The summed E-state index contributed by atoms with van der Waals surface area (Å²) in [5.41, 5.74) is 4.78. The van der Waals surface area contributed by atoms with Gasteiger partial charge in [-0.05, 0) is 54.1 Å². The van der Waals surface area contributed by atoms with Gasteiger partial charge in [0.1, 0.15) is 0 Å². The lowest BCUT2D eigenvalue weighted by Crippen LogP contribution is -2.19. The maximum atomic E-state index is 12.4. The molecule has 166 valence electrons. The van der Waals surface area contributed by atoms with Crippen LogP contribution in [-0.4, -0.2) is 24.1 Å². The zero-order valence-electron chi connectivity index (χ0n) is 18.4. The van der Waals surface area contributed by atoms with Gasteiger partial charge in [0.2, 0.25) is 0 Å². The molecule has 0 aliphatic rings. The molecule has 2 amide bonds. The Bertz CT molecular complexity index is 1360. The second-order valence-electron chi connectivity index (χ2n) is 7.23. The molecule has 0 atom stereocenters. The molecule has 0 fully saturated rings. The van der Waals surface area contributed by atoms with Crippen LogP contribution >= 0.6 is 0 Å². The summed E-state index contributed by atoms with van der Waals surface area (Å²) in [7, 11) is 1.36. The van der Waals surface area contributed by atoms with Crippen molar-refractivity contribution in [1.82, 2.24) is 4.98 Å². The molecule has 34 heavy (non-hydrogen) atoms. The summed E-state index contributed by atoms with van der Waals surface area (Å²) in [6.45, 7) is 0. The van der Waals surface area contributed by atoms with Crippen LogP contribution in [0.25, 0.3) is 11.1 Å². The summed E-state index contributed by atoms with van der Waals surface area (Å²) in [6.07, 6.45) is 3.20. The number of hydrogen-bond acceptors (Lipinski definition) is 4. The number of methoxy groups -OCH3 is 1. The maximum Gasteiger partial charge on any atom is 0.338 e. The first-order chi connectivity index (χ1) is 16.6. The highest BCUT2D eigenvalue weighted by molar-refractivity contribution is 6.00. The zero-order chi connectivity index (χ0) is 23.8. The molecule has 0 saturated heterocycles. The van der Waals surface area contributed by atoms with Crippen LogP contribution in [0.1, 0.15) is 21.5 Å². The van der Waals surface area contributed by atoms with Crippen LogP contribution in [0, 0.1) is 11.8 Å². The highest BCUT2D eigenvalue weighted by atomic mass is 16.5. The van der Waals surface area contributed by atoms with E-state index >= 15 is 0 Å². The van der Waals surface area contributed by atoms with Gasteiger partial charge in [0.05, 0.1) is 24.6 Å². The molecule has 3 aromatic carbocycles. The number of urea groups is 1. The topological polar surface area (TPSA) is 80.3 Å². The van der Waals surface area contributed by atoms with Crippen LogP contribution < -0.4 is 10.6 Å². The lowest BCUT2D eigenvalue weighted by Gasteiger charge is -2.10. The molecule has 0 aliphatic heterocycles. The Hall–Kier alpha value is -4.89. The highest BCUT2D eigenvalue weighted by Gasteiger charge is 2.16. The van der Waals surface area contributed by atoms with E-state index in [1.807, 2.05) is 48.5 Å². The van der Waals surface area contributed by atoms with E-state index in [0.29, 0.717) is 22.5 Å². The molecule has 0 aliphatic carbocycles. The molecular formula is C28H21N3O3. The number of ether oxygens (including phenoxy) is 1. The zero-order valence-corrected chi connectivity index (χ0v) is 18.4. The monoisotopic (exact) mass is 447 g/mol. The van der Waals surface area contributed by atoms with Crippen LogP contribution in [0.3, 0.4) is 0 Å². The van der Waals surface area contributed by atoms with E-state index < -0.39 is 5.97 Å². The molecule has 6 nitrogen and oxygen atoms in total. The normalized spacial score (nSPS) is 9.91. The molecule has 4 rings (SSSR count). The number of anilines is 2. The Labute approximate surface area is 197 Å². The number of carbonyl (C=O) groups excluding carboxylic acids is 2. The minimum atomic E-state index is -0.414. The minimum absolute atomic E-state index is 0.362. The first-order valence-electron chi connectivity index (χ1n) is 10.5. The molecule has 6 heteroatoms. The SMILES string of the molecule is COC(=O)c1cccc(C#Cc2ccc(NC(=O)Nc3cccnc3)cc2)c1-c1ccccc1. The van der Waals surface area contributed by atoms with Gasteiger partial charge in [0.25, 0.3) is 0 Å². The Balaban J connectivity index is 1.55. The summed E-state index contributed by atoms with van der Waals surface area (Å²) < 4.78 is 4.97. The van der Waals surface area contributed by atoms with E-state index in [0.717, 1.165) is 16.7 Å². The predicted molar refractivity (Wildman–Crippen MR) is 133 cm³/mol. The largest absolute Gasteiger partial charge is 0.465 e. The lowest BCUT2D eigenvalue weighted by atomic mass is 9.94. The number of hydrogen-bond donors (Lipinski definition) is 2. The number of carbonyl (C=O) groups is 2. The molecule has 0 spiro atoms. The Kier molecular flexibility index (Phi) is 6.97. The van der Waals surface area contributed by atoms with Gasteiger partial charge < -0.3 is 15.4 Å². The van der Waals surface area contributed by atoms with Crippen molar-refractivity contribution < 1.29 is 14.3 Å². The molecule has 0 radical (unpaired) electrons. The number of esters is 1. The molecule has 4 aromatic rings. The molecule has 0 saturated carbocycles. The fraction of sp³-hybridized carbons (Fsp3) is 0.0357. The first kappa shape index (κ1) is 22.3. The second kappa shape index (κ2) is 10.6. The van der Waals surface area contributed by atoms with Crippen molar-refractivity contribution in [1.29, 1.82) is 0 Å². The Morgan fingerprint density at radius 1 is 0.794 bits per heavy atom. The maximum absolute atomic E-state index is 12.4. The van der Waals surface area contributed by atoms with Crippen molar-refractivity contribution in [2.45, 2.75) is 0 Å². The van der Waals surface area contributed by atoms with E-state index in [2.05, 4.69) is 27.5 Å². The van der Waals surface area contributed by atoms with Gasteiger partial charge in [-0.25, -0.2) is 9.59 Å². The van der Waals surface area contributed by atoms with Gasteiger partial charge >= 0.3 is 12.0 Å².